The van der Waals surface area contributed by atoms with Gasteiger partial charge in [-0.15, -0.1) is 24.0 Å². The van der Waals surface area contributed by atoms with E-state index < -0.39 is 0 Å². The lowest BCUT2D eigenvalue weighted by Gasteiger charge is -2.34. The number of rotatable bonds is 6. The maximum atomic E-state index is 5.91. The fourth-order valence-corrected chi connectivity index (χ4v) is 3.11. The zero-order chi connectivity index (χ0) is 17.4. The van der Waals surface area contributed by atoms with Crippen molar-refractivity contribution >= 4 is 29.9 Å². The molecule has 0 radical (unpaired) electrons. The third-order valence-corrected chi connectivity index (χ3v) is 4.17. The number of guanidine groups is 1. The Hall–Kier alpha value is -0.860. The van der Waals surface area contributed by atoms with Gasteiger partial charge >= 0.3 is 0 Å². The van der Waals surface area contributed by atoms with E-state index in [9.17, 15) is 0 Å². The fraction of sp³-hybridized carbons (Fsp3) is 0.632. The van der Waals surface area contributed by atoms with Crippen molar-refractivity contribution in [2.75, 3.05) is 46.9 Å². The summed E-state index contributed by atoms with van der Waals surface area (Å²) >= 11 is 0. The maximum Gasteiger partial charge on any atom is 0.193 e. The molecule has 0 aliphatic carbocycles. The quantitative estimate of drug-likeness (QED) is 0.403. The largest absolute Gasteiger partial charge is 0.374 e. The molecule has 1 aromatic rings. The number of halogens is 1. The van der Waals surface area contributed by atoms with Crippen molar-refractivity contribution in [1.82, 2.24) is 15.1 Å². The van der Waals surface area contributed by atoms with Crippen LogP contribution in [-0.4, -0.2) is 68.7 Å². The van der Waals surface area contributed by atoms with E-state index in [2.05, 4.69) is 65.3 Å². The summed E-state index contributed by atoms with van der Waals surface area (Å²) < 4.78 is 5.91. The van der Waals surface area contributed by atoms with Crippen LogP contribution in [0.25, 0.3) is 0 Å². The van der Waals surface area contributed by atoms with Gasteiger partial charge in [0.1, 0.15) is 0 Å². The SMILES string of the molecule is CN=C(NCC1CN(CC(C)C)CCO1)N(C)Cc1ccccc1.I. The molecule has 0 aromatic heterocycles. The predicted octanol–water partition coefficient (Wildman–Crippen LogP) is 2.67. The van der Waals surface area contributed by atoms with Gasteiger partial charge in [-0.05, 0) is 11.5 Å². The first-order valence-corrected chi connectivity index (χ1v) is 8.88. The zero-order valence-electron chi connectivity index (χ0n) is 15.9. The predicted molar refractivity (Wildman–Crippen MR) is 116 cm³/mol. The van der Waals surface area contributed by atoms with E-state index in [4.69, 9.17) is 4.74 Å². The molecule has 25 heavy (non-hydrogen) atoms. The highest BCUT2D eigenvalue weighted by molar-refractivity contribution is 14.0. The molecule has 0 amide bonds. The average molecular weight is 460 g/mol. The molecule has 1 saturated heterocycles. The highest BCUT2D eigenvalue weighted by Crippen LogP contribution is 2.08. The Balaban J connectivity index is 0.00000312. The van der Waals surface area contributed by atoms with Crippen molar-refractivity contribution in [2.24, 2.45) is 10.9 Å². The van der Waals surface area contributed by atoms with Gasteiger partial charge in [0, 0.05) is 46.8 Å². The summed E-state index contributed by atoms with van der Waals surface area (Å²) in [5, 5.41) is 3.46. The first kappa shape index (κ1) is 22.2. The van der Waals surface area contributed by atoms with Crippen LogP contribution in [0.15, 0.2) is 35.3 Å². The van der Waals surface area contributed by atoms with Crippen molar-refractivity contribution < 1.29 is 4.74 Å². The molecule has 1 aliphatic rings. The Labute approximate surface area is 169 Å². The van der Waals surface area contributed by atoms with E-state index >= 15 is 0 Å². The van der Waals surface area contributed by atoms with Crippen LogP contribution in [-0.2, 0) is 11.3 Å². The number of morpholine rings is 1. The average Bonchev–Trinajstić information content (AvgIpc) is 2.56. The van der Waals surface area contributed by atoms with Crippen LogP contribution in [0, 0.1) is 5.92 Å². The monoisotopic (exact) mass is 460 g/mol. The van der Waals surface area contributed by atoms with Gasteiger partial charge in [0.15, 0.2) is 5.96 Å². The lowest BCUT2D eigenvalue weighted by atomic mass is 10.2. The summed E-state index contributed by atoms with van der Waals surface area (Å²) in [5.41, 5.74) is 1.28. The Morgan fingerprint density at radius 1 is 1.36 bits per heavy atom. The Kier molecular flexibility index (Phi) is 10.4. The second-order valence-electron chi connectivity index (χ2n) is 6.92. The highest BCUT2D eigenvalue weighted by Gasteiger charge is 2.21. The smallest absolute Gasteiger partial charge is 0.193 e. The molecule has 1 aliphatic heterocycles. The summed E-state index contributed by atoms with van der Waals surface area (Å²) in [6.45, 7) is 10.2. The minimum absolute atomic E-state index is 0. The van der Waals surface area contributed by atoms with Gasteiger partial charge in [0.05, 0.1) is 12.7 Å². The van der Waals surface area contributed by atoms with Gasteiger partial charge in [0.2, 0.25) is 0 Å². The zero-order valence-corrected chi connectivity index (χ0v) is 18.3. The lowest BCUT2D eigenvalue weighted by Crippen LogP contribution is -2.50. The molecule has 1 fully saturated rings. The number of nitrogens with one attached hydrogen (secondary N) is 1. The molecule has 0 saturated carbocycles. The molecule has 0 bridgehead atoms. The van der Waals surface area contributed by atoms with Gasteiger partial charge in [-0.2, -0.15) is 0 Å². The van der Waals surface area contributed by atoms with E-state index in [1.54, 1.807) is 0 Å². The van der Waals surface area contributed by atoms with E-state index in [1.165, 1.54) is 5.56 Å². The maximum absolute atomic E-state index is 5.91. The Morgan fingerprint density at radius 2 is 2.08 bits per heavy atom. The minimum atomic E-state index is 0. The number of ether oxygens (including phenoxy) is 1. The molecule has 1 N–H and O–H groups in total. The van der Waals surface area contributed by atoms with Crippen molar-refractivity contribution in [2.45, 2.75) is 26.5 Å². The molecule has 1 atom stereocenters. The van der Waals surface area contributed by atoms with Crippen LogP contribution in [0.2, 0.25) is 0 Å². The number of nitrogens with zero attached hydrogens (tertiary/aromatic N) is 3. The third-order valence-electron chi connectivity index (χ3n) is 4.17. The molecule has 142 valence electrons. The first-order chi connectivity index (χ1) is 11.6. The molecule has 1 heterocycles. The molecular formula is C19H33IN4O. The van der Waals surface area contributed by atoms with Crippen LogP contribution in [0.5, 0.6) is 0 Å². The third kappa shape index (κ3) is 7.92. The molecule has 6 heteroatoms. The van der Waals surface area contributed by atoms with Crippen LogP contribution >= 0.6 is 24.0 Å². The number of benzene rings is 1. The molecule has 5 nitrogen and oxygen atoms in total. The van der Waals surface area contributed by atoms with Crippen molar-refractivity contribution in [3.8, 4) is 0 Å². The Morgan fingerprint density at radius 3 is 2.72 bits per heavy atom. The van der Waals surface area contributed by atoms with E-state index in [0.717, 1.165) is 45.3 Å². The van der Waals surface area contributed by atoms with Gasteiger partial charge in [-0.25, -0.2) is 0 Å². The number of aliphatic imine (C=N–C) groups is 1. The first-order valence-electron chi connectivity index (χ1n) is 8.88. The molecule has 2 rings (SSSR count). The second kappa shape index (κ2) is 11.7. The van der Waals surface area contributed by atoms with Crippen LogP contribution in [0.1, 0.15) is 19.4 Å². The van der Waals surface area contributed by atoms with Crippen molar-refractivity contribution in [1.29, 1.82) is 0 Å². The second-order valence-corrected chi connectivity index (χ2v) is 6.92. The molecule has 0 spiro atoms. The summed E-state index contributed by atoms with van der Waals surface area (Å²) in [6.07, 6.45) is 0.222. The number of hydrogen-bond acceptors (Lipinski definition) is 3. The van der Waals surface area contributed by atoms with Crippen molar-refractivity contribution in [3.05, 3.63) is 35.9 Å². The van der Waals surface area contributed by atoms with Gasteiger partial charge in [0.25, 0.3) is 0 Å². The lowest BCUT2D eigenvalue weighted by molar-refractivity contribution is -0.0286. The normalized spacial score (nSPS) is 18.8. The summed E-state index contributed by atoms with van der Waals surface area (Å²) in [4.78, 5) is 9.04. The molecular weight excluding hydrogens is 427 g/mol. The fourth-order valence-electron chi connectivity index (χ4n) is 3.11. The standard InChI is InChI=1S/C19H32N4O.HI/c1-16(2)13-23-10-11-24-18(15-23)12-21-19(20-3)22(4)14-17-8-6-5-7-9-17;/h5-9,16,18H,10-15H2,1-4H3,(H,20,21);1H. The van der Waals surface area contributed by atoms with E-state index in [-0.39, 0.29) is 30.1 Å². The van der Waals surface area contributed by atoms with Gasteiger partial charge in [-0.3, -0.25) is 9.89 Å². The molecule has 1 unspecified atom stereocenters. The van der Waals surface area contributed by atoms with Crippen molar-refractivity contribution in [3.63, 3.8) is 0 Å². The Bertz CT molecular complexity index is 509. The topological polar surface area (TPSA) is 40.1 Å². The number of hydrogen-bond donors (Lipinski definition) is 1. The molecule has 1 aromatic carbocycles. The van der Waals surface area contributed by atoms with Crippen LogP contribution in [0.3, 0.4) is 0 Å². The van der Waals surface area contributed by atoms with Crippen LogP contribution < -0.4 is 5.32 Å². The van der Waals surface area contributed by atoms with Gasteiger partial charge in [-0.1, -0.05) is 44.2 Å². The van der Waals surface area contributed by atoms with E-state index in [1.807, 2.05) is 13.1 Å². The summed E-state index contributed by atoms with van der Waals surface area (Å²) in [6, 6.07) is 10.5. The van der Waals surface area contributed by atoms with Crippen LogP contribution in [0.4, 0.5) is 0 Å². The summed E-state index contributed by atoms with van der Waals surface area (Å²) in [7, 11) is 3.89. The van der Waals surface area contributed by atoms with E-state index in [0.29, 0.717) is 5.92 Å². The van der Waals surface area contributed by atoms with Gasteiger partial charge < -0.3 is 15.0 Å². The minimum Gasteiger partial charge on any atom is -0.374 e. The summed E-state index contributed by atoms with van der Waals surface area (Å²) in [5.74, 6) is 1.60. The highest BCUT2D eigenvalue weighted by atomic mass is 127.